The number of halogens is 2. The molecular weight excluding hydrogens is 372 g/mol. The summed E-state index contributed by atoms with van der Waals surface area (Å²) in [6.07, 6.45) is 0.350. The maximum absolute atomic E-state index is 12.3. The lowest BCUT2D eigenvalue weighted by Gasteiger charge is -2.26. The summed E-state index contributed by atoms with van der Waals surface area (Å²) in [4.78, 5) is 25.6. The van der Waals surface area contributed by atoms with Crippen molar-refractivity contribution in [2.24, 2.45) is 0 Å². The van der Waals surface area contributed by atoms with Gasteiger partial charge in [0.1, 0.15) is 5.75 Å². The third kappa shape index (κ3) is 5.38. The second-order valence-electron chi connectivity index (χ2n) is 5.72. The molecule has 0 radical (unpaired) electrons. The second kappa shape index (κ2) is 8.43. The van der Waals surface area contributed by atoms with Crippen molar-refractivity contribution in [2.75, 3.05) is 24.7 Å². The van der Waals surface area contributed by atoms with Crippen LogP contribution in [0.1, 0.15) is 23.7 Å². The van der Waals surface area contributed by atoms with Crippen LogP contribution in [-0.2, 0) is 19.4 Å². The van der Waals surface area contributed by atoms with Crippen molar-refractivity contribution in [3.8, 4) is 5.75 Å². The third-order valence-corrected chi connectivity index (χ3v) is 5.68. The number of carbonyl (C=O) groups excluding carboxylic acids is 2. The standard InChI is InChI=1S/C16H19F2NO6S/c1-2-19(12-6-7-26(22,23)10-12)14(20)9-24-15(21)11-4-3-5-13(8-11)25-16(17)18/h3-5,8,12,16H,2,6-7,9-10H2,1H3. The smallest absolute Gasteiger partial charge is 0.387 e. The molecule has 1 aliphatic heterocycles. The molecule has 0 aromatic heterocycles. The lowest BCUT2D eigenvalue weighted by molar-refractivity contribution is -0.136. The Morgan fingerprint density at radius 1 is 1.35 bits per heavy atom. The van der Waals surface area contributed by atoms with Gasteiger partial charge in [-0.3, -0.25) is 4.79 Å². The van der Waals surface area contributed by atoms with Gasteiger partial charge >= 0.3 is 12.6 Å². The Morgan fingerprint density at radius 3 is 2.65 bits per heavy atom. The molecule has 1 aliphatic rings. The van der Waals surface area contributed by atoms with E-state index in [-0.39, 0.29) is 29.4 Å². The van der Waals surface area contributed by atoms with Crippen LogP contribution < -0.4 is 4.74 Å². The molecule has 1 fully saturated rings. The van der Waals surface area contributed by atoms with Crippen LogP contribution in [0.4, 0.5) is 8.78 Å². The topological polar surface area (TPSA) is 90.0 Å². The van der Waals surface area contributed by atoms with Crippen LogP contribution in [0.3, 0.4) is 0 Å². The Hall–Kier alpha value is -2.23. The zero-order chi connectivity index (χ0) is 19.3. The van der Waals surface area contributed by atoms with Crippen molar-refractivity contribution >= 4 is 21.7 Å². The van der Waals surface area contributed by atoms with Gasteiger partial charge in [0.15, 0.2) is 16.4 Å². The van der Waals surface area contributed by atoms with E-state index in [9.17, 15) is 26.8 Å². The van der Waals surface area contributed by atoms with Crippen molar-refractivity contribution in [3.05, 3.63) is 29.8 Å². The molecule has 7 nitrogen and oxygen atoms in total. The van der Waals surface area contributed by atoms with Gasteiger partial charge < -0.3 is 14.4 Å². The number of carbonyl (C=O) groups is 2. The largest absolute Gasteiger partial charge is 0.452 e. The first-order valence-electron chi connectivity index (χ1n) is 7.93. The number of esters is 1. The van der Waals surface area contributed by atoms with E-state index in [4.69, 9.17) is 4.74 Å². The fraction of sp³-hybridized carbons (Fsp3) is 0.500. The molecule has 1 unspecified atom stereocenters. The Balaban J connectivity index is 1.94. The number of hydrogen-bond acceptors (Lipinski definition) is 6. The van der Waals surface area contributed by atoms with Crippen molar-refractivity contribution in [1.82, 2.24) is 4.90 Å². The van der Waals surface area contributed by atoms with Crippen LogP contribution in [0.2, 0.25) is 0 Å². The monoisotopic (exact) mass is 391 g/mol. The molecule has 0 saturated carbocycles. The molecule has 1 aromatic carbocycles. The van der Waals surface area contributed by atoms with E-state index in [0.717, 1.165) is 6.07 Å². The fourth-order valence-corrected chi connectivity index (χ4v) is 4.48. The summed E-state index contributed by atoms with van der Waals surface area (Å²) in [5, 5.41) is 0. The van der Waals surface area contributed by atoms with Crippen molar-refractivity contribution in [2.45, 2.75) is 26.0 Å². The minimum Gasteiger partial charge on any atom is -0.452 e. The molecule has 1 atom stereocenters. The van der Waals surface area contributed by atoms with Crippen molar-refractivity contribution in [3.63, 3.8) is 0 Å². The number of rotatable bonds is 7. The number of ether oxygens (including phenoxy) is 2. The molecule has 1 saturated heterocycles. The third-order valence-electron chi connectivity index (χ3n) is 3.93. The molecule has 10 heteroatoms. The van der Waals surface area contributed by atoms with Gasteiger partial charge in [0.25, 0.3) is 5.91 Å². The lowest BCUT2D eigenvalue weighted by atomic mass is 10.2. The van der Waals surface area contributed by atoms with Gasteiger partial charge in [-0.25, -0.2) is 13.2 Å². The summed E-state index contributed by atoms with van der Waals surface area (Å²) in [6.45, 7) is -1.60. The molecular formula is C16H19F2NO6S. The summed E-state index contributed by atoms with van der Waals surface area (Å²) in [5.41, 5.74) is -0.0394. The molecule has 0 bridgehead atoms. The molecule has 2 rings (SSSR count). The fourth-order valence-electron chi connectivity index (χ4n) is 2.75. The number of benzene rings is 1. The quantitative estimate of drug-likeness (QED) is 0.654. The number of likely N-dealkylation sites (N-methyl/N-ethyl adjacent to an activating group) is 1. The summed E-state index contributed by atoms with van der Waals surface area (Å²) in [6, 6.07) is 4.59. The predicted octanol–water partition coefficient (Wildman–Crippen LogP) is 1.48. The van der Waals surface area contributed by atoms with Crippen LogP contribution in [-0.4, -0.2) is 62.5 Å². The zero-order valence-corrected chi connectivity index (χ0v) is 14.9. The zero-order valence-electron chi connectivity index (χ0n) is 14.1. The molecule has 0 aliphatic carbocycles. The van der Waals surface area contributed by atoms with Crippen LogP contribution in [0.15, 0.2) is 24.3 Å². The van der Waals surface area contributed by atoms with Gasteiger partial charge in [0.2, 0.25) is 0 Å². The normalized spacial score (nSPS) is 18.5. The van der Waals surface area contributed by atoms with Gasteiger partial charge in [-0.15, -0.1) is 0 Å². The van der Waals surface area contributed by atoms with Gasteiger partial charge in [0, 0.05) is 12.6 Å². The lowest BCUT2D eigenvalue weighted by Crippen LogP contribution is -2.43. The number of nitrogens with zero attached hydrogens (tertiary/aromatic N) is 1. The van der Waals surface area contributed by atoms with Crippen molar-refractivity contribution in [1.29, 1.82) is 0 Å². The Kier molecular flexibility index (Phi) is 6.52. The van der Waals surface area contributed by atoms with Gasteiger partial charge in [-0.2, -0.15) is 8.78 Å². The molecule has 1 aromatic rings. The Morgan fingerprint density at radius 2 is 2.08 bits per heavy atom. The van der Waals surface area contributed by atoms with Gasteiger partial charge in [-0.05, 0) is 31.5 Å². The van der Waals surface area contributed by atoms with Crippen LogP contribution in [0.25, 0.3) is 0 Å². The minimum absolute atomic E-state index is 0.0260. The summed E-state index contributed by atoms with van der Waals surface area (Å²) in [7, 11) is -3.15. The first kappa shape index (κ1) is 20.1. The second-order valence-corrected chi connectivity index (χ2v) is 7.95. The predicted molar refractivity (Wildman–Crippen MR) is 87.8 cm³/mol. The van der Waals surface area contributed by atoms with E-state index in [1.165, 1.54) is 23.1 Å². The summed E-state index contributed by atoms with van der Waals surface area (Å²) >= 11 is 0. The average molecular weight is 391 g/mol. The molecule has 0 N–H and O–H groups in total. The van der Waals surface area contributed by atoms with Gasteiger partial charge in [0.05, 0.1) is 17.1 Å². The Bertz CT molecular complexity index is 768. The SMILES string of the molecule is CCN(C(=O)COC(=O)c1cccc(OC(F)F)c1)C1CCS(=O)(=O)C1. The molecule has 144 valence electrons. The minimum atomic E-state index is -3.15. The molecule has 0 spiro atoms. The molecule has 26 heavy (non-hydrogen) atoms. The highest BCUT2D eigenvalue weighted by Gasteiger charge is 2.34. The highest BCUT2D eigenvalue weighted by atomic mass is 32.2. The van der Waals surface area contributed by atoms with E-state index < -0.39 is 41.0 Å². The van der Waals surface area contributed by atoms with Crippen LogP contribution in [0, 0.1) is 0 Å². The van der Waals surface area contributed by atoms with E-state index in [0.29, 0.717) is 6.42 Å². The van der Waals surface area contributed by atoms with Crippen LogP contribution in [0.5, 0.6) is 5.75 Å². The molecule has 1 amide bonds. The summed E-state index contributed by atoms with van der Waals surface area (Å²) in [5.74, 6) is -1.66. The van der Waals surface area contributed by atoms with E-state index in [2.05, 4.69) is 4.74 Å². The first-order chi connectivity index (χ1) is 12.2. The first-order valence-corrected chi connectivity index (χ1v) is 9.76. The maximum Gasteiger partial charge on any atom is 0.387 e. The maximum atomic E-state index is 12.3. The van der Waals surface area contributed by atoms with Crippen molar-refractivity contribution < 1.29 is 36.3 Å². The number of sulfone groups is 1. The van der Waals surface area contributed by atoms with Gasteiger partial charge in [-0.1, -0.05) is 6.07 Å². The van der Waals surface area contributed by atoms with E-state index in [1.54, 1.807) is 6.92 Å². The number of amides is 1. The highest BCUT2D eigenvalue weighted by molar-refractivity contribution is 7.91. The Labute approximate surface area is 149 Å². The van der Waals surface area contributed by atoms with Crippen LogP contribution >= 0.6 is 0 Å². The van der Waals surface area contributed by atoms with E-state index in [1.807, 2.05) is 0 Å². The average Bonchev–Trinajstić information content (AvgIpc) is 2.92. The number of alkyl halides is 2. The molecule has 1 heterocycles. The number of hydrogen-bond donors (Lipinski definition) is 0. The highest BCUT2D eigenvalue weighted by Crippen LogP contribution is 2.19. The van der Waals surface area contributed by atoms with E-state index >= 15 is 0 Å². The summed E-state index contributed by atoms with van der Waals surface area (Å²) < 4.78 is 56.6.